The number of halogens is 2. The second kappa shape index (κ2) is 5.35. The van der Waals surface area contributed by atoms with Crippen molar-refractivity contribution in [3.05, 3.63) is 51.6 Å². The highest BCUT2D eigenvalue weighted by Crippen LogP contribution is 2.21. The number of nitro benzene ring substituents is 1. The van der Waals surface area contributed by atoms with E-state index in [1.54, 1.807) is 6.92 Å². The van der Waals surface area contributed by atoms with E-state index in [1.807, 2.05) is 0 Å². The van der Waals surface area contributed by atoms with Gasteiger partial charge in [-0.1, -0.05) is 12.2 Å². The van der Waals surface area contributed by atoms with Gasteiger partial charge in [-0.2, -0.15) is 4.39 Å². The third-order valence-electron chi connectivity index (χ3n) is 2.03. The van der Waals surface area contributed by atoms with Crippen LogP contribution in [-0.4, -0.2) is 17.4 Å². The topological polar surface area (TPSA) is 72.2 Å². The van der Waals surface area contributed by atoms with Crippen LogP contribution >= 0.6 is 0 Å². The van der Waals surface area contributed by atoms with Crippen LogP contribution in [0.15, 0.2) is 24.3 Å². The number of hydrogen-bond donors (Lipinski definition) is 1. The Morgan fingerprint density at radius 3 is 2.56 bits per heavy atom. The van der Waals surface area contributed by atoms with Crippen LogP contribution in [0.2, 0.25) is 0 Å². The largest absolute Gasteiger partial charge is 0.348 e. The van der Waals surface area contributed by atoms with Gasteiger partial charge in [0.1, 0.15) is 5.82 Å². The van der Waals surface area contributed by atoms with E-state index in [2.05, 4.69) is 11.9 Å². The molecular formula is C11H10F2N2O3. The third kappa shape index (κ3) is 3.09. The van der Waals surface area contributed by atoms with Gasteiger partial charge in [0.15, 0.2) is 0 Å². The quantitative estimate of drug-likeness (QED) is 0.509. The van der Waals surface area contributed by atoms with Crippen molar-refractivity contribution in [2.45, 2.75) is 6.92 Å². The molecule has 0 unspecified atom stereocenters. The zero-order chi connectivity index (χ0) is 13.9. The highest BCUT2D eigenvalue weighted by molar-refractivity contribution is 5.94. The number of nitrogens with zero attached hydrogens (tertiary/aromatic N) is 1. The van der Waals surface area contributed by atoms with Gasteiger partial charge in [0, 0.05) is 6.54 Å². The monoisotopic (exact) mass is 256 g/mol. The predicted octanol–water partition coefficient (Wildman–Crippen LogP) is 2.18. The number of carbonyl (C=O) groups is 1. The lowest BCUT2D eigenvalue weighted by Crippen LogP contribution is -2.26. The smallest absolute Gasteiger partial charge is 0.307 e. The molecule has 0 spiro atoms. The molecule has 0 atom stereocenters. The van der Waals surface area contributed by atoms with Crippen molar-refractivity contribution in [2.75, 3.05) is 6.54 Å². The molecular weight excluding hydrogens is 246 g/mol. The summed E-state index contributed by atoms with van der Waals surface area (Å²) in [6, 6.07) is 0.881. The fraction of sp³-hybridized carbons (Fsp3) is 0.182. The van der Waals surface area contributed by atoms with Crippen LogP contribution in [0.3, 0.4) is 0 Å². The maximum Gasteiger partial charge on any atom is 0.307 e. The van der Waals surface area contributed by atoms with E-state index in [0.717, 1.165) is 0 Å². The van der Waals surface area contributed by atoms with Crippen LogP contribution in [0.1, 0.15) is 17.3 Å². The van der Waals surface area contributed by atoms with E-state index in [1.165, 1.54) is 0 Å². The van der Waals surface area contributed by atoms with Gasteiger partial charge in [0.2, 0.25) is 5.82 Å². The normalized spacial score (nSPS) is 9.94. The molecule has 1 N–H and O–H groups in total. The summed E-state index contributed by atoms with van der Waals surface area (Å²) in [5.41, 5.74) is -0.963. The van der Waals surface area contributed by atoms with Gasteiger partial charge in [0.05, 0.1) is 16.6 Å². The molecule has 1 aromatic rings. The molecule has 1 rings (SSSR count). The van der Waals surface area contributed by atoms with Crippen molar-refractivity contribution < 1.29 is 18.5 Å². The second-order valence-corrected chi connectivity index (χ2v) is 3.68. The first kappa shape index (κ1) is 13.8. The molecule has 0 saturated carbocycles. The van der Waals surface area contributed by atoms with Crippen LogP contribution in [0.4, 0.5) is 14.5 Å². The van der Waals surface area contributed by atoms with E-state index in [9.17, 15) is 23.7 Å². The van der Waals surface area contributed by atoms with Gasteiger partial charge in [-0.05, 0) is 13.0 Å². The number of amides is 1. The standard InChI is InChI=1S/C11H10F2N2O3/c1-6(2)5-14-11(16)7-3-9(13)10(15(17)18)4-8(7)12/h3-4H,1,5H2,2H3,(H,14,16). The molecule has 7 heteroatoms. The van der Waals surface area contributed by atoms with Gasteiger partial charge in [-0.3, -0.25) is 14.9 Å². The van der Waals surface area contributed by atoms with Crippen molar-refractivity contribution in [3.63, 3.8) is 0 Å². The zero-order valence-electron chi connectivity index (χ0n) is 9.50. The van der Waals surface area contributed by atoms with Gasteiger partial charge in [-0.15, -0.1) is 0 Å². The summed E-state index contributed by atoms with van der Waals surface area (Å²) in [6.45, 7) is 5.28. The lowest BCUT2D eigenvalue weighted by atomic mass is 10.1. The van der Waals surface area contributed by atoms with Crippen molar-refractivity contribution in [3.8, 4) is 0 Å². The third-order valence-corrected chi connectivity index (χ3v) is 2.03. The number of carbonyl (C=O) groups excluding carboxylic acids is 1. The molecule has 0 aliphatic heterocycles. The van der Waals surface area contributed by atoms with Crippen LogP contribution in [0, 0.1) is 21.7 Å². The van der Waals surface area contributed by atoms with Crippen molar-refractivity contribution in [1.82, 2.24) is 5.32 Å². The van der Waals surface area contributed by atoms with Crippen LogP contribution in [0.25, 0.3) is 0 Å². The zero-order valence-corrected chi connectivity index (χ0v) is 9.50. The number of nitrogens with one attached hydrogen (secondary N) is 1. The first-order chi connectivity index (χ1) is 8.32. The van der Waals surface area contributed by atoms with E-state index in [-0.39, 0.29) is 6.54 Å². The Balaban J connectivity index is 3.04. The summed E-state index contributed by atoms with van der Waals surface area (Å²) in [5.74, 6) is -3.27. The van der Waals surface area contributed by atoms with Gasteiger partial charge < -0.3 is 5.32 Å². The minimum atomic E-state index is -1.26. The molecule has 0 radical (unpaired) electrons. The molecule has 0 aliphatic carbocycles. The first-order valence-corrected chi connectivity index (χ1v) is 4.89. The summed E-state index contributed by atoms with van der Waals surface area (Å²) in [4.78, 5) is 20.8. The van der Waals surface area contributed by atoms with Crippen molar-refractivity contribution in [1.29, 1.82) is 0 Å². The molecule has 18 heavy (non-hydrogen) atoms. The van der Waals surface area contributed by atoms with E-state index in [0.29, 0.717) is 17.7 Å². The average molecular weight is 256 g/mol. The number of benzene rings is 1. The second-order valence-electron chi connectivity index (χ2n) is 3.68. The average Bonchev–Trinajstić information content (AvgIpc) is 2.28. The summed E-state index contributed by atoms with van der Waals surface area (Å²) >= 11 is 0. The Morgan fingerprint density at radius 1 is 1.44 bits per heavy atom. The Kier molecular flexibility index (Phi) is 4.09. The Morgan fingerprint density at radius 2 is 2.06 bits per heavy atom. The summed E-state index contributed by atoms with van der Waals surface area (Å²) in [5, 5.41) is 12.7. The fourth-order valence-corrected chi connectivity index (χ4v) is 1.18. The molecule has 0 bridgehead atoms. The number of hydrogen-bond acceptors (Lipinski definition) is 3. The van der Waals surface area contributed by atoms with Gasteiger partial charge >= 0.3 is 5.69 Å². The maximum atomic E-state index is 13.4. The Hall–Kier alpha value is -2.31. The first-order valence-electron chi connectivity index (χ1n) is 4.89. The van der Waals surface area contributed by atoms with Gasteiger partial charge in [0.25, 0.3) is 5.91 Å². The molecule has 5 nitrogen and oxygen atoms in total. The molecule has 1 amide bonds. The van der Waals surface area contributed by atoms with E-state index >= 15 is 0 Å². The molecule has 0 aromatic heterocycles. The molecule has 1 aromatic carbocycles. The highest BCUT2D eigenvalue weighted by atomic mass is 19.1. The molecule has 96 valence electrons. The van der Waals surface area contributed by atoms with Crippen LogP contribution in [-0.2, 0) is 0 Å². The Bertz CT molecular complexity index is 529. The fourth-order valence-electron chi connectivity index (χ4n) is 1.18. The van der Waals surface area contributed by atoms with Crippen LogP contribution in [0.5, 0.6) is 0 Å². The summed E-state index contributed by atoms with van der Waals surface area (Å²) < 4.78 is 26.6. The summed E-state index contributed by atoms with van der Waals surface area (Å²) in [7, 11) is 0. The van der Waals surface area contributed by atoms with E-state index in [4.69, 9.17) is 0 Å². The SMILES string of the molecule is C=C(C)CNC(=O)c1cc(F)c([N+](=O)[O-])cc1F. The maximum absolute atomic E-state index is 13.4. The number of rotatable bonds is 4. The molecule has 0 heterocycles. The Labute approximate surface area is 101 Å². The molecule has 0 aliphatic rings. The molecule has 0 saturated heterocycles. The van der Waals surface area contributed by atoms with Crippen molar-refractivity contribution >= 4 is 11.6 Å². The lowest BCUT2D eigenvalue weighted by Gasteiger charge is -2.06. The predicted molar refractivity (Wildman–Crippen MR) is 60.2 cm³/mol. The highest BCUT2D eigenvalue weighted by Gasteiger charge is 2.21. The summed E-state index contributed by atoms with van der Waals surface area (Å²) in [6.07, 6.45) is 0. The van der Waals surface area contributed by atoms with Crippen molar-refractivity contribution in [2.24, 2.45) is 0 Å². The number of nitro groups is 1. The minimum Gasteiger partial charge on any atom is -0.348 e. The van der Waals surface area contributed by atoms with Crippen LogP contribution < -0.4 is 5.32 Å². The lowest BCUT2D eigenvalue weighted by molar-refractivity contribution is -0.387. The minimum absolute atomic E-state index is 0.108. The van der Waals surface area contributed by atoms with Gasteiger partial charge in [-0.25, -0.2) is 4.39 Å². The molecule has 0 fully saturated rings. The van der Waals surface area contributed by atoms with E-state index < -0.39 is 33.7 Å².